The Balaban J connectivity index is 1.63. The Morgan fingerprint density at radius 2 is 1.56 bits per heavy atom. The molecule has 3 aromatic rings. The molecule has 3 aromatic carbocycles. The fraction of sp³-hybridized carbons (Fsp3) is 0.192. The average Bonchev–Trinajstić information content (AvgIpc) is 3.16. The van der Waals surface area contributed by atoms with Crippen molar-refractivity contribution in [3.63, 3.8) is 0 Å². The maximum absolute atomic E-state index is 13.5. The van der Waals surface area contributed by atoms with Crippen LogP contribution in [0.25, 0.3) is 0 Å². The van der Waals surface area contributed by atoms with Crippen LogP contribution in [0.15, 0.2) is 84.9 Å². The molecule has 0 aromatic heterocycles. The monoisotopic (exact) mass is 428 g/mol. The average molecular weight is 428 g/mol. The summed E-state index contributed by atoms with van der Waals surface area (Å²) < 4.78 is 4.93. The smallest absolute Gasteiger partial charge is 0.328 e. The first-order chi connectivity index (χ1) is 15.6. The van der Waals surface area contributed by atoms with Crippen LogP contribution in [-0.4, -0.2) is 35.8 Å². The Kier molecular flexibility index (Phi) is 6.31. The maximum Gasteiger partial charge on any atom is 0.328 e. The number of hydrogen-bond acceptors (Lipinski definition) is 4. The fourth-order valence-corrected chi connectivity index (χ4v) is 4.03. The highest BCUT2D eigenvalue weighted by Crippen LogP contribution is 2.31. The number of carbonyl (C=O) groups excluding carboxylic acids is 3. The molecule has 0 bridgehead atoms. The van der Waals surface area contributed by atoms with Gasteiger partial charge in [-0.25, -0.2) is 4.79 Å². The van der Waals surface area contributed by atoms with Crippen molar-refractivity contribution in [3.05, 3.63) is 107 Å². The number of carbonyl (C=O) groups is 3. The molecule has 0 saturated carbocycles. The van der Waals surface area contributed by atoms with Crippen molar-refractivity contribution in [2.75, 3.05) is 7.11 Å². The minimum Gasteiger partial charge on any atom is -0.467 e. The Bertz CT molecular complexity index is 1110. The standard InChI is InChI=1S/C26H24N2O4/c1-32-26(31)22(16-18-10-4-2-5-11-18)27-24(29)23(19-12-6-3-7-13-19)28-17-20-14-8-9-15-21(20)25(28)30/h2-15,22-23H,16-17H2,1H3,(H,27,29)/t22-,23-/m1/s1. The number of benzene rings is 3. The summed E-state index contributed by atoms with van der Waals surface area (Å²) in [6.45, 7) is 0.323. The normalized spacial score (nSPS) is 14.4. The molecule has 0 aliphatic carbocycles. The third-order valence-electron chi connectivity index (χ3n) is 5.61. The maximum atomic E-state index is 13.5. The van der Waals surface area contributed by atoms with Crippen molar-refractivity contribution in [1.82, 2.24) is 10.2 Å². The van der Waals surface area contributed by atoms with Crippen LogP contribution in [0.3, 0.4) is 0 Å². The van der Waals surface area contributed by atoms with Crippen LogP contribution in [0.1, 0.15) is 33.1 Å². The first kappa shape index (κ1) is 21.3. The summed E-state index contributed by atoms with van der Waals surface area (Å²) in [5, 5.41) is 2.83. The molecule has 0 unspecified atom stereocenters. The van der Waals surface area contributed by atoms with Crippen LogP contribution in [0.4, 0.5) is 0 Å². The molecule has 6 heteroatoms. The summed E-state index contributed by atoms with van der Waals surface area (Å²) in [4.78, 5) is 40.7. The second-order valence-corrected chi connectivity index (χ2v) is 7.68. The van der Waals surface area contributed by atoms with Gasteiger partial charge in [0.1, 0.15) is 12.1 Å². The number of nitrogens with one attached hydrogen (secondary N) is 1. The van der Waals surface area contributed by atoms with Crippen LogP contribution in [0, 0.1) is 0 Å². The molecular weight excluding hydrogens is 404 g/mol. The zero-order valence-electron chi connectivity index (χ0n) is 17.7. The Morgan fingerprint density at radius 3 is 2.22 bits per heavy atom. The Labute approximate surface area is 186 Å². The second-order valence-electron chi connectivity index (χ2n) is 7.68. The van der Waals surface area contributed by atoms with Crippen LogP contribution in [0.2, 0.25) is 0 Å². The third-order valence-corrected chi connectivity index (χ3v) is 5.61. The molecule has 1 heterocycles. The molecule has 2 atom stereocenters. The van der Waals surface area contributed by atoms with Gasteiger partial charge in [0.05, 0.1) is 7.11 Å². The van der Waals surface area contributed by atoms with Gasteiger partial charge in [-0.1, -0.05) is 78.9 Å². The number of nitrogens with zero attached hydrogens (tertiary/aromatic N) is 1. The predicted molar refractivity (Wildman–Crippen MR) is 120 cm³/mol. The predicted octanol–water partition coefficient (Wildman–Crippen LogP) is 3.28. The van der Waals surface area contributed by atoms with E-state index in [0.29, 0.717) is 17.7 Å². The van der Waals surface area contributed by atoms with E-state index in [4.69, 9.17) is 4.74 Å². The highest BCUT2D eigenvalue weighted by Gasteiger charge is 2.38. The van der Waals surface area contributed by atoms with E-state index in [9.17, 15) is 14.4 Å². The molecule has 1 aliphatic rings. The zero-order valence-corrected chi connectivity index (χ0v) is 17.7. The number of methoxy groups -OCH3 is 1. The zero-order chi connectivity index (χ0) is 22.5. The molecular formula is C26H24N2O4. The van der Waals surface area contributed by atoms with Crippen LogP contribution in [0.5, 0.6) is 0 Å². The molecule has 1 aliphatic heterocycles. The summed E-state index contributed by atoms with van der Waals surface area (Å²) >= 11 is 0. The number of esters is 1. The molecule has 4 rings (SSSR count). The number of amides is 2. The van der Waals surface area contributed by atoms with Crippen molar-refractivity contribution >= 4 is 17.8 Å². The van der Waals surface area contributed by atoms with Crippen molar-refractivity contribution in [2.45, 2.75) is 25.0 Å². The lowest BCUT2D eigenvalue weighted by molar-refractivity contribution is -0.145. The van der Waals surface area contributed by atoms with Crippen molar-refractivity contribution in [3.8, 4) is 0 Å². The van der Waals surface area contributed by atoms with Gasteiger partial charge in [-0.2, -0.15) is 0 Å². The first-order valence-electron chi connectivity index (χ1n) is 10.4. The van der Waals surface area contributed by atoms with Gasteiger partial charge in [-0.15, -0.1) is 0 Å². The molecule has 0 radical (unpaired) electrons. The van der Waals surface area contributed by atoms with E-state index in [0.717, 1.165) is 11.1 Å². The van der Waals surface area contributed by atoms with Crippen LogP contribution >= 0.6 is 0 Å². The summed E-state index contributed by atoms with van der Waals surface area (Å²) in [5.41, 5.74) is 3.04. The third kappa shape index (κ3) is 4.39. The van der Waals surface area contributed by atoms with E-state index in [-0.39, 0.29) is 12.3 Å². The summed E-state index contributed by atoms with van der Waals surface area (Å²) in [7, 11) is 1.29. The highest BCUT2D eigenvalue weighted by atomic mass is 16.5. The number of fused-ring (bicyclic) bond motifs is 1. The van der Waals surface area contributed by atoms with E-state index < -0.39 is 24.0 Å². The lowest BCUT2D eigenvalue weighted by atomic mass is 10.0. The largest absolute Gasteiger partial charge is 0.467 e. The van der Waals surface area contributed by atoms with Crippen LogP contribution in [-0.2, 0) is 27.3 Å². The minimum atomic E-state index is -0.876. The van der Waals surface area contributed by atoms with Gasteiger partial charge in [0.2, 0.25) is 5.91 Å². The molecule has 0 spiro atoms. The first-order valence-corrected chi connectivity index (χ1v) is 10.4. The minimum absolute atomic E-state index is 0.206. The summed E-state index contributed by atoms with van der Waals surface area (Å²) in [6.07, 6.45) is 0.287. The van der Waals surface area contributed by atoms with E-state index in [1.54, 1.807) is 11.0 Å². The van der Waals surface area contributed by atoms with Crippen LogP contribution < -0.4 is 5.32 Å². The quantitative estimate of drug-likeness (QED) is 0.586. The van der Waals surface area contributed by atoms with Crippen molar-refractivity contribution in [1.29, 1.82) is 0 Å². The second kappa shape index (κ2) is 9.47. The molecule has 6 nitrogen and oxygen atoms in total. The van der Waals surface area contributed by atoms with E-state index >= 15 is 0 Å². The molecule has 1 N–H and O–H groups in total. The number of ether oxygens (including phenoxy) is 1. The Hall–Kier alpha value is -3.93. The van der Waals surface area contributed by atoms with Gasteiger partial charge in [0.15, 0.2) is 0 Å². The number of rotatable bonds is 7. The van der Waals surface area contributed by atoms with Gasteiger partial charge in [0, 0.05) is 18.5 Å². The van der Waals surface area contributed by atoms with Crippen molar-refractivity contribution < 1.29 is 19.1 Å². The van der Waals surface area contributed by atoms with Gasteiger partial charge in [-0.3, -0.25) is 9.59 Å². The Morgan fingerprint density at radius 1 is 0.938 bits per heavy atom. The number of hydrogen-bond donors (Lipinski definition) is 1. The lowest BCUT2D eigenvalue weighted by Gasteiger charge is -2.29. The van der Waals surface area contributed by atoms with Gasteiger partial charge >= 0.3 is 5.97 Å². The summed E-state index contributed by atoms with van der Waals surface area (Å²) in [6, 6.07) is 24.1. The van der Waals surface area contributed by atoms with E-state index in [1.807, 2.05) is 78.9 Å². The molecule has 0 fully saturated rings. The van der Waals surface area contributed by atoms with E-state index in [2.05, 4.69) is 5.32 Å². The molecule has 2 amide bonds. The highest BCUT2D eigenvalue weighted by molar-refractivity contribution is 6.01. The molecule has 0 saturated heterocycles. The van der Waals surface area contributed by atoms with Gasteiger partial charge in [-0.05, 0) is 22.8 Å². The topological polar surface area (TPSA) is 75.7 Å². The van der Waals surface area contributed by atoms with Gasteiger partial charge < -0.3 is 15.0 Å². The lowest BCUT2D eigenvalue weighted by Crippen LogP contribution is -2.48. The van der Waals surface area contributed by atoms with Crippen molar-refractivity contribution in [2.24, 2.45) is 0 Å². The summed E-state index contributed by atoms with van der Waals surface area (Å²) in [5.74, 6) is -1.17. The van der Waals surface area contributed by atoms with E-state index in [1.165, 1.54) is 7.11 Å². The van der Waals surface area contributed by atoms with Gasteiger partial charge in [0.25, 0.3) is 5.91 Å². The SMILES string of the molecule is COC(=O)[C@@H](Cc1ccccc1)NC(=O)[C@@H](c1ccccc1)N1Cc2ccccc2C1=O. The molecule has 32 heavy (non-hydrogen) atoms. The molecule has 162 valence electrons. The fourth-order valence-electron chi connectivity index (χ4n) is 4.03.